The number of anilines is 2. The van der Waals surface area contributed by atoms with Crippen molar-refractivity contribution in [2.45, 2.75) is 29.7 Å². The molecule has 1 N–H and O–H groups in total. The summed E-state index contributed by atoms with van der Waals surface area (Å²) in [5, 5.41) is 2.07. The number of halogens is 1. The van der Waals surface area contributed by atoms with Crippen LogP contribution in [0.5, 0.6) is 0 Å². The van der Waals surface area contributed by atoms with Gasteiger partial charge >= 0.3 is 5.97 Å². The maximum Gasteiger partial charge on any atom is 0.308 e. The van der Waals surface area contributed by atoms with E-state index < -0.39 is 44.9 Å². The Balaban J connectivity index is 1.57. The molecule has 0 radical (unpaired) electrons. The van der Waals surface area contributed by atoms with Crippen molar-refractivity contribution in [2.24, 2.45) is 0 Å². The third-order valence-electron chi connectivity index (χ3n) is 7.62. The molecule has 1 aliphatic heterocycles. The number of methoxy groups -OCH3 is 1. The number of hydrogen-bond donors (Lipinski definition) is 1. The fourth-order valence-electron chi connectivity index (χ4n) is 5.64. The van der Waals surface area contributed by atoms with Crippen LogP contribution in [0.1, 0.15) is 19.3 Å². The lowest BCUT2D eigenvalue weighted by Gasteiger charge is -2.46. The second-order valence-corrected chi connectivity index (χ2v) is 13.6. The average Bonchev–Trinajstić information content (AvgIpc) is 2.98. The number of benzene rings is 4. The first kappa shape index (κ1) is 30.7. The number of amides is 1. The molecule has 5 rings (SSSR count). The Kier molecular flexibility index (Phi) is 8.62. The molecule has 1 fully saturated rings. The van der Waals surface area contributed by atoms with Crippen LogP contribution >= 0.6 is 11.6 Å². The smallest absolute Gasteiger partial charge is 0.308 e. The van der Waals surface area contributed by atoms with Gasteiger partial charge in [-0.2, -0.15) is 0 Å². The van der Waals surface area contributed by atoms with E-state index in [1.807, 2.05) is 0 Å². The normalized spacial score (nSPS) is 18.0. The predicted octanol–water partition coefficient (Wildman–Crippen LogP) is 5.64. The van der Waals surface area contributed by atoms with Crippen molar-refractivity contribution < 1.29 is 31.5 Å². The molecule has 4 aromatic carbocycles. The molecule has 1 heterocycles. The third-order valence-corrected chi connectivity index (χ3v) is 9.88. The Bertz CT molecular complexity index is 1850. The van der Waals surface area contributed by atoms with E-state index >= 15 is 0 Å². The number of fused-ring (bicyclic) bond motifs is 1. The van der Waals surface area contributed by atoms with Crippen LogP contribution < -0.4 is 9.21 Å². The molecule has 0 bridgehead atoms. The van der Waals surface area contributed by atoms with Crippen molar-refractivity contribution >= 4 is 66.7 Å². The first-order chi connectivity index (χ1) is 20.4. The number of rotatable bonds is 8. The zero-order valence-electron chi connectivity index (χ0n) is 23.4. The monoisotopic (exact) mass is 640 g/mol. The van der Waals surface area contributed by atoms with Gasteiger partial charge in [0.05, 0.1) is 24.1 Å². The summed E-state index contributed by atoms with van der Waals surface area (Å²) in [5.41, 5.74) is 0.219. The lowest BCUT2D eigenvalue weighted by Crippen LogP contribution is -2.64. The quantitative estimate of drug-likeness (QED) is 0.196. The number of carbonyl (C=O) groups is 2. The summed E-state index contributed by atoms with van der Waals surface area (Å²) in [6.07, 6.45) is 1.25. The van der Waals surface area contributed by atoms with Crippen LogP contribution in [0, 0.1) is 0 Å². The van der Waals surface area contributed by atoms with Crippen molar-refractivity contribution in [2.75, 3.05) is 29.1 Å². The third kappa shape index (κ3) is 6.03. The van der Waals surface area contributed by atoms with E-state index in [9.17, 15) is 26.8 Å². The predicted molar refractivity (Wildman–Crippen MR) is 168 cm³/mol. The highest BCUT2D eigenvalue weighted by atomic mass is 35.5. The molecule has 1 amide bonds. The second kappa shape index (κ2) is 12.1. The van der Waals surface area contributed by atoms with E-state index in [-0.39, 0.29) is 17.0 Å². The maximum atomic E-state index is 14.4. The number of hydrogen-bond acceptors (Lipinski definition) is 6. The lowest BCUT2D eigenvalue weighted by molar-refractivity contribution is -0.144. The van der Waals surface area contributed by atoms with Gasteiger partial charge in [-0.15, -0.1) is 0 Å². The Morgan fingerprint density at radius 3 is 2.40 bits per heavy atom. The summed E-state index contributed by atoms with van der Waals surface area (Å²) in [5.74, 6) is -1.24. The van der Waals surface area contributed by atoms with Gasteiger partial charge in [-0.1, -0.05) is 54.1 Å². The van der Waals surface area contributed by atoms with Crippen LogP contribution in [0.25, 0.3) is 21.9 Å². The Morgan fingerprint density at radius 2 is 1.72 bits per heavy atom. The van der Waals surface area contributed by atoms with Gasteiger partial charge in [0.2, 0.25) is 0 Å². The lowest BCUT2D eigenvalue weighted by atomic mass is 9.83. The van der Waals surface area contributed by atoms with Crippen LogP contribution in [0.2, 0.25) is 5.02 Å². The zero-order chi connectivity index (χ0) is 30.9. The molecule has 224 valence electrons. The number of nitrogens with zero attached hydrogens (tertiary/aromatic N) is 2. The molecule has 9 nitrogen and oxygen atoms in total. The summed E-state index contributed by atoms with van der Waals surface area (Å²) in [6, 6.07) is 23.8. The van der Waals surface area contributed by atoms with Gasteiger partial charge in [0.25, 0.3) is 17.2 Å². The topological polar surface area (TPSA) is 121 Å². The molecular weight excluding hydrogens is 612 g/mol. The molecule has 0 spiro atoms. The largest absolute Gasteiger partial charge is 0.469 e. The molecule has 1 saturated heterocycles. The fourth-order valence-corrected chi connectivity index (χ4v) is 7.56. The first-order valence-corrected chi connectivity index (χ1v) is 16.7. The van der Waals surface area contributed by atoms with E-state index in [2.05, 4.69) is 0 Å². The minimum atomic E-state index is -3.48. The van der Waals surface area contributed by atoms with Crippen molar-refractivity contribution in [1.82, 2.24) is 0 Å². The van der Waals surface area contributed by atoms with Crippen LogP contribution in [-0.2, 0) is 35.4 Å². The number of carbonyl (C=O) groups excluding carboxylic acids is 2. The molecule has 0 aromatic heterocycles. The summed E-state index contributed by atoms with van der Waals surface area (Å²) in [4.78, 5) is 28.8. The maximum absolute atomic E-state index is 14.4. The Labute approximate surface area is 257 Å². The molecule has 2 atom stereocenters. The molecule has 0 aliphatic carbocycles. The number of ether oxygens (including phenoxy) is 1. The molecule has 1 aliphatic rings. The van der Waals surface area contributed by atoms with E-state index in [0.717, 1.165) is 21.3 Å². The number of sulfone groups is 1. The van der Waals surface area contributed by atoms with Gasteiger partial charge in [-0.25, -0.2) is 12.6 Å². The van der Waals surface area contributed by atoms with Crippen LogP contribution in [-0.4, -0.2) is 54.5 Å². The number of piperidine rings is 1. The van der Waals surface area contributed by atoms with Crippen LogP contribution in [0.15, 0.2) is 89.8 Å². The van der Waals surface area contributed by atoms with Gasteiger partial charge in [0.1, 0.15) is 5.54 Å². The summed E-state index contributed by atoms with van der Waals surface area (Å²) in [7, 11) is -2.28. The van der Waals surface area contributed by atoms with Crippen molar-refractivity contribution in [1.29, 1.82) is 0 Å². The second-order valence-electron chi connectivity index (χ2n) is 10.4. The molecule has 43 heavy (non-hydrogen) atoms. The molecule has 2 unspecified atom stereocenters. The summed E-state index contributed by atoms with van der Waals surface area (Å²) < 4.78 is 54.3. The standard InChI is InChI=1S/C31H29ClN2O7S2/c1-41-29(35)20-31(34(42(37)38)26-15-11-22-18-24(32)12-8-23(22)19-26)16-5-17-33(30(31)36)25-13-9-21(10-14-25)27-6-3-4-7-28(27)43(2,39)40/h3-4,6-15,18-19H,5,16-17,20H2,1-2H3,(H,37,38). The Morgan fingerprint density at radius 1 is 1.05 bits per heavy atom. The Hall–Kier alpha value is -3.77. The van der Waals surface area contributed by atoms with Gasteiger partial charge in [0, 0.05) is 29.1 Å². The van der Waals surface area contributed by atoms with Crippen molar-refractivity contribution in [3.8, 4) is 11.1 Å². The minimum absolute atomic E-state index is 0.127. The fraction of sp³-hybridized carbons (Fsp3) is 0.226. The minimum Gasteiger partial charge on any atom is -0.469 e. The molecule has 4 aromatic rings. The molecule has 12 heteroatoms. The van der Waals surface area contributed by atoms with Gasteiger partial charge in [-0.05, 0) is 71.6 Å². The van der Waals surface area contributed by atoms with Crippen molar-refractivity contribution in [3.63, 3.8) is 0 Å². The highest BCUT2D eigenvalue weighted by Gasteiger charge is 2.53. The first-order valence-electron chi connectivity index (χ1n) is 13.3. The van der Waals surface area contributed by atoms with E-state index in [1.165, 1.54) is 12.0 Å². The summed E-state index contributed by atoms with van der Waals surface area (Å²) in [6.45, 7) is 0.309. The van der Waals surface area contributed by atoms with Crippen molar-refractivity contribution in [3.05, 3.63) is 90.0 Å². The van der Waals surface area contributed by atoms with Gasteiger partial charge in [0.15, 0.2) is 9.84 Å². The SMILES string of the molecule is COC(=O)CC1(N(c2ccc3cc(Cl)ccc3c2)S(=O)O)CCCN(c2ccc(-c3ccccc3S(C)(=O)=O)cc2)C1=O. The molecule has 0 saturated carbocycles. The number of esters is 1. The van der Waals surface area contributed by atoms with E-state index in [4.69, 9.17) is 16.3 Å². The summed E-state index contributed by atoms with van der Waals surface area (Å²) >= 11 is 3.43. The van der Waals surface area contributed by atoms with Gasteiger partial charge in [-0.3, -0.25) is 18.4 Å². The van der Waals surface area contributed by atoms with Crippen LogP contribution in [0.3, 0.4) is 0 Å². The highest BCUT2D eigenvalue weighted by molar-refractivity contribution is 7.90. The highest BCUT2D eigenvalue weighted by Crippen LogP contribution is 2.40. The van der Waals surface area contributed by atoms with Crippen LogP contribution in [0.4, 0.5) is 11.4 Å². The molecular formula is C31H29ClN2O7S2. The average molecular weight is 641 g/mol. The van der Waals surface area contributed by atoms with E-state index in [1.54, 1.807) is 84.9 Å². The van der Waals surface area contributed by atoms with E-state index in [0.29, 0.717) is 34.8 Å². The zero-order valence-corrected chi connectivity index (χ0v) is 25.8. The van der Waals surface area contributed by atoms with Gasteiger partial charge < -0.3 is 9.64 Å².